The number of fused-ring (bicyclic) bond motifs is 1. The van der Waals surface area contributed by atoms with Crippen LogP contribution in [0.3, 0.4) is 0 Å². The molecule has 1 aliphatic heterocycles. The average molecular weight is 295 g/mol. The van der Waals surface area contributed by atoms with E-state index in [1.54, 1.807) is 0 Å². The molecule has 0 bridgehead atoms. The standard InChI is InChI=1S/C15H19BrO/c16-14(11-6-7-11)9-8-13-4-1-3-12-5-2-10-17-15(12)13/h1,3-4,11,14H,2,5-10H2. The van der Waals surface area contributed by atoms with Gasteiger partial charge in [-0.2, -0.15) is 0 Å². The van der Waals surface area contributed by atoms with E-state index in [2.05, 4.69) is 34.1 Å². The zero-order chi connectivity index (χ0) is 11.7. The summed E-state index contributed by atoms with van der Waals surface area (Å²) in [6.45, 7) is 0.893. The smallest absolute Gasteiger partial charge is 0.125 e. The van der Waals surface area contributed by atoms with Crippen LogP contribution in [0.5, 0.6) is 5.75 Å². The van der Waals surface area contributed by atoms with Gasteiger partial charge >= 0.3 is 0 Å². The van der Waals surface area contributed by atoms with Crippen molar-refractivity contribution in [2.75, 3.05) is 6.61 Å². The Morgan fingerprint density at radius 1 is 1.35 bits per heavy atom. The molecule has 1 aliphatic carbocycles. The van der Waals surface area contributed by atoms with Gasteiger partial charge in [0.1, 0.15) is 5.75 Å². The molecule has 2 aliphatic rings. The highest BCUT2D eigenvalue weighted by Crippen LogP contribution is 2.39. The molecule has 92 valence electrons. The minimum absolute atomic E-state index is 0.710. The van der Waals surface area contributed by atoms with Gasteiger partial charge in [-0.3, -0.25) is 0 Å². The number of alkyl halides is 1. The lowest BCUT2D eigenvalue weighted by molar-refractivity contribution is 0.285. The van der Waals surface area contributed by atoms with Gasteiger partial charge in [0.05, 0.1) is 6.61 Å². The molecule has 1 unspecified atom stereocenters. The molecule has 1 fully saturated rings. The molecular formula is C15H19BrO. The maximum atomic E-state index is 5.85. The van der Waals surface area contributed by atoms with Crippen LogP contribution in [-0.4, -0.2) is 11.4 Å². The zero-order valence-corrected chi connectivity index (χ0v) is 11.7. The molecule has 1 heterocycles. The van der Waals surface area contributed by atoms with E-state index in [1.165, 1.54) is 49.0 Å². The van der Waals surface area contributed by atoms with Gasteiger partial charge in [-0.1, -0.05) is 34.1 Å². The summed E-state index contributed by atoms with van der Waals surface area (Å²) < 4.78 is 5.85. The number of aryl methyl sites for hydroxylation is 2. The molecule has 1 atom stereocenters. The molecule has 0 saturated heterocycles. The highest BCUT2D eigenvalue weighted by Gasteiger charge is 2.29. The molecule has 17 heavy (non-hydrogen) atoms. The maximum Gasteiger partial charge on any atom is 0.125 e. The van der Waals surface area contributed by atoms with E-state index in [0.717, 1.165) is 18.9 Å². The van der Waals surface area contributed by atoms with Crippen molar-refractivity contribution >= 4 is 15.9 Å². The van der Waals surface area contributed by atoms with Gasteiger partial charge in [-0.05, 0) is 55.6 Å². The Labute approximate surface area is 112 Å². The van der Waals surface area contributed by atoms with Crippen LogP contribution in [0, 0.1) is 5.92 Å². The van der Waals surface area contributed by atoms with E-state index in [1.807, 2.05) is 0 Å². The summed E-state index contributed by atoms with van der Waals surface area (Å²) in [5.41, 5.74) is 2.82. The predicted octanol–water partition coefficient (Wildman–Crippen LogP) is 4.12. The van der Waals surface area contributed by atoms with Crippen LogP contribution in [0.1, 0.15) is 36.8 Å². The summed E-state index contributed by atoms with van der Waals surface area (Å²) in [6.07, 6.45) is 7.57. The van der Waals surface area contributed by atoms with Gasteiger partial charge in [0, 0.05) is 4.83 Å². The third-order valence-corrected chi connectivity index (χ3v) is 5.04. The van der Waals surface area contributed by atoms with Crippen LogP contribution in [-0.2, 0) is 12.8 Å². The molecule has 0 amide bonds. The van der Waals surface area contributed by atoms with E-state index < -0.39 is 0 Å². The van der Waals surface area contributed by atoms with Crippen molar-refractivity contribution in [2.45, 2.75) is 43.4 Å². The minimum Gasteiger partial charge on any atom is -0.493 e. The van der Waals surface area contributed by atoms with Gasteiger partial charge in [0.15, 0.2) is 0 Å². The Kier molecular flexibility index (Phi) is 3.41. The molecule has 0 spiro atoms. The first-order chi connectivity index (χ1) is 8.34. The van der Waals surface area contributed by atoms with Crippen molar-refractivity contribution in [1.82, 2.24) is 0 Å². The summed E-state index contributed by atoms with van der Waals surface area (Å²) in [4.78, 5) is 0.710. The Bertz CT molecular complexity index is 398. The van der Waals surface area contributed by atoms with E-state index in [0.29, 0.717) is 4.83 Å². The number of hydrogen-bond acceptors (Lipinski definition) is 1. The summed E-state index contributed by atoms with van der Waals surface area (Å²) in [7, 11) is 0. The second-order valence-corrected chi connectivity index (χ2v) is 6.43. The third-order valence-electron chi connectivity index (χ3n) is 3.84. The lowest BCUT2D eigenvalue weighted by Gasteiger charge is -2.20. The van der Waals surface area contributed by atoms with Crippen LogP contribution in [0.4, 0.5) is 0 Å². The Hall–Kier alpha value is -0.500. The van der Waals surface area contributed by atoms with Gasteiger partial charge in [-0.15, -0.1) is 0 Å². The Balaban J connectivity index is 1.69. The molecule has 2 heteroatoms. The van der Waals surface area contributed by atoms with Gasteiger partial charge < -0.3 is 4.74 Å². The summed E-state index contributed by atoms with van der Waals surface area (Å²) in [5, 5.41) is 0. The monoisotopic (exact) mass is 294 g/mol. The van der Waals surface area contributed by atoms with Crippen LogP contribution < -0.4 is 4.74 Å². The fraction of sp³-hybridized carbons (Fsp3) is 0.600. The molecule has 1 saturated carbocycles. The number of rotatable bonds is 4. The number of hydrogen-bond donors (Lipinski definition) is 0. The van der Waals surface area contributed by atoms with E-state index in [-0.39, 0.29) is 0 Å². The summed E-state index contributed by atoms with van der Waals surface area (Å²) in [5.74, 6) is 2.13. The molecular weight excluding hydrogens is 276 g/mol. The third kappa shape index (κ3) is 2.67. The number of ether oxygens (including phenoxy) is 1. The number of halogens is 1. The van der Waals surface area contributed by atoms with E-state index in [9.17, 15) is 0 Å². The molecule has 0 N–H and O–H groups in total. The van der Waals surface area contributed by atoms with E-state index >= 15 is 0 Å². The zero-order valence-electron chi connectivity index (χ0n) is 10.1. The Morgan fingerprint density at radius 2 is 2.24 bits per heavy atom. The molecule has 0 radical (unpaired) electrons. The van der Waals surface area contributed by atoms with Gasteiger partial charge in [-0.25, -0.2) is 0 Å². The fourth-order valence-corrected chi connectivity index (χ4v) is 3.40. The summed E-state index contributed by atoms with van der Waals surface area (Å²) in [6, 6.07) is 6.63. The lowest BCUT2D eigenvalue weighted by Crippen LogP contribution is -2.11. The van der Waals surface area contributed by atoms with Gasteiger partial charge in [0.2, 0.25) is 0 Å². The van der Waals surface area contributed by atoms with Crippen molar-refractivity contribution in [1.29, 1.82) is 0 Å². The van der Waals surface area contributed by atoms with Crippen molar-refractivity contribution in [3.8, 4) is 5.75 Å². The maximum absolute atomic E-state index is 5.85. The topological polar surface area (TPSA) is 9.23 Å². The highest BCUT2D eigenvalue weighted by atomic mass is 79.9. The summed E-state index contributed by atoms with van der Waals surface area (Å²) >= 11 is 3.82. The number of para-hydroxylation sites is 1. The first kappa shape index (κ1) is 11.6. The first-order valence-corrected chi connectivity index (χ1v) is 7.64. The van der Waals surface area contributed by atoms with Crippen molar-refractivity contribution in [3.63, 3.8) is 0 Å². The molecule has 1 aromatic rings. The van der Waals surface area contributed by atoms with Crippen LogP contribution in [0.15, 0.2) is 18.2 Å². The highest BCUT2D eigenvalue weighted by molar-refractivity contribution is 9.09. The number of benzene rings is 1. The quantitative estimate of drug-likeness (QED) is 0.759. The van der Waals surface area contributed by atoms with Crippen molar-refractivity contribution < 1.29 is 4.74 Å². The molecule has 3 rings (SSSR count). The first-order valence-electron chi connectivity index (χ1n) is 6.72. The second-order valence-electron chi connectivity index (χ2n) is 5.25. The Morgan fingerprint density at radius 3 is 3.06 bits per heavy atom. The van der Waals surface area contributed by atoms with Crippen molar-refractivity contribution in [2.24, 2.45) is 5.92 Å². The van der Waals surface area contributed by atoms with Crippen LogP contribution in [0.2, 0.25) is 0 Å². The van der Waals surface area contributed by atoms with E-state index in [4.69, 9.17) is 4.74 Å². The van der Waals surface area contributed by atoms with Crippen LogP contribution in [0.25, 0.3) is 0 Å². The SMILES string of the molecule is BrC(CCc1cccc2c1OCCC2)C1CC1. The molecule has 1 nitrogen and oxygen atoms in total. The predicted molar refractivity (Wildman–Crippen MR) is 74.0 cm³/mol. The minimum atomic E-state index is 0.710. The van der Waals surface area contributed by atoms with Crippen molar-refractivity contribution in [3.05, 3.63) is 29.3 Å². The largest absolute Gasteiger partial charge is 0.493 e. The lowest BCUT2D eigenvalue weighted by atomic mass is 9.98. The fourth-order valence-electron chi connectivity index (χ4n) is 2.64. The second kappa shape index (κ2) is 5.01. The van der Waals surface area contributed by atoms with Crippen LogP contribution >= 0.6 is 15.9 Å². The molecule has 0 aromatic heterocycles. The van der Waals surface area contributed by atoms with Gasteiger partial charge in [0.25, 0.3) is 0 Å². The normalized spacial score (nSPS) is 20.5. The molecule has 1 aromatic carbocycles. The average Bonchev–Trinajstić information content (AvgIpc) is 3.20.